The molecule has 1 atom stereocenters. The molecule has 0 heterocycles. The number of carboxylic acids is 1. The van der Waals surface area contributed by atoms with Gasteiger partial charge in [-0.2, -0.15) is 0 Å². The molecule has 0 aromatic rings. The van der Waals surface area contributed by atoms with Gasteiger partial charge in [-0.25, -0.2) is 0 Å². The van der Waals surface area contributed by atoms with Crippen LogP contribution in [-0.4, -0.2) is 49.4 Å². The molecule has 5 heteroatoms. The van der Waals surface area contributed by atoms with Crippen LogP contribution in [0.25, 0.3) is 0 Å². The number of likely N-dealkylation sites (N-methyl/N-ethyl adjacent to an activating group) is 1. The quantitative estimate of drug-likeness (QED) is 0.659. The first kappa shape index (κ1) is 11.7. The van der Waals surface area contributed by atoms with Crippen LogP contribution < -0.4 is 0 Å². The molecule has 0 unspecified atom stereocenters. The van der Waals surface area contributed by atoms with E-state index in [1.54, 1.807) is 0 Å². The van der Waals surface area contributed by atoms with Crippen molar-refractivity contribution in [2.45, 2.75) is 12.5 Å². The molecule has 0 aliphatic carbocycles. The SMILES string of the molecule is C[N+](C)(C)C[C@@H](CC(=O)O)OCl. The minimum Gasteiger partial charge on any atom is -0.481 e. The summed E-state index contributed by atoms with van der Waals surface area (Å²) in [5, 5.41) is 8.47. The molecule has 0 radical (unpaired) electrons. The van der Waals surface area contributed by atoms with Crippen molar-refractivity contribution < 1.29 is 18.7 Å². The van der Waals surface area contributed by atoms with Gasteiger partial charge in [0.2, 0.25) is 0 Å². The van der Waals surface area contributed by atoms with Crippen LogP contribution in [0, 0.1) is 0 Å². The number of carboxylic acid groups (broad SMARTS) is 1. The smallest absolute Gasteiger partial charge is 0.306 e. The minimum atomic E-state index is -0.894. The van der Waals surface area contributed by atoms with Crippen molar-refractivity contribution in [1.82, 2.24) is 0 Å². The summed E-state index contributed by atoms with van der Waals surface area (Å²) in [7, 11) is 5.85. The summed E-state index contributed by atoms with van der Waals surface area (Å²) in [5.41, 5.74) is 0. The maximum atomic E-state index is 10.3. The molecule has 0 fully saturated rings. The van der Waals surface area contributed by atoms with E-state index in [1.807, 2.05) is 21.1 Å². The highest BCUT2D eigenvalue weighted by molar-refractivity contribution is 6.07. The van der Waals surface area contributed by atoms with Crippen LogP contribution in [-0.2, 0) is 9.08 Å². The van der Waals surface area contributed by atoms with E-state index in [-0.39, 0.29) is 6.42 Å². The van der Waals surface area contributed by atoms with Gasteiger partial charge in [-0.05, 0) is 0 Å². The molecule has 0 rings (SSSR count). The predicted molar refractivity (Wildman–Crippen MR) is 45.9 cm³/mol. The number of halogens is 1. The van der Waals surface area contributed by atoms with Crippen LogP contribution in [0.5, 0.6) is 0 Å². The first-order valence-corrected chi connectivity index (χ1v) is 3.95. The van der Waals surface area contributed by atoms with Gasteiger partial charge < -0.3 is 9.59 Å². The van der Waals surface area contributed by atoms with E-state index < -0.39 is 12.1 Å². The average molecular weight is 197 g/mol. The maximum absolute atomic E-state index is 10.3. The zero-order valence-corrected chi connectivity index (χ0v) is 8.34. The normalized spacial score (nSPS) is 14.3. The molecule has 0 aliphatic rings. The van der Waals surface area contributed by atoms with Crippen LogP contribution in [0.3, 0.4) is 0 Å². The average Bonchev–Trinajstić information content (AvgIpc) is 1.82. The molecule has 1 N–H and O–H groups in total. The second kappa shape index (κ2) is 4.64. The van der Waals surface area contributed by atoms with E-state index in [1.165, 1.54) is 0 Å². The summed E-state index contributed by atoms with van der Waals surface area (Å²) >= 11 is 5.14. The monoisotopic (exact) mass is 196 g/mol. The van der Waals surface area contributed by atoms with Crippen molar-refractivity contribution in [2.75, 3.05) is 27.7 Å². The Balaban J connectivity index is 3.92. The molecule has 0 aromatic carbocycles. The van der Waals surface area contributed by atoms with Crippen molar-refractivity contribution in [3.8, 4) is 0 Å². The highest BCUT2D eigenvalue weighted by Crippen LogP contribution is 2.06. The summed E-state index contributed by atoms with van der Waals surface area (Å²) in [6.45, 7) is 0.579. The van der Waals surface area contributed by atoms with E-state index in [4.69, 9.17) is 17.0 Å². The van der Waals surface area contributed by atoms with Crippen LogP contribution in [0.15, 0.2) is 0 Å². The minimum absolute atomic E-state index is 0.0565. The van der Waals surface area contributed by atoms with Crippen molar-refractivity contribution >= 4 is 17.8 Å². The zero-order valence-electron chi connectivity index (χ0n) is 7.58. The molecule has 0 saturated heterocycles. The summed E-state index contributed by atoms with van der Waals surface area (Å²) in [6.07, 6.45) is -0.483. The number of aliphatic carboxylic acids is 1. The fourth-order valence-electron chi connectivity index (χ4n) is 0.930. The van der Waals surface area contributed by atoms with Gasteiger partial charge in [0.05, 0.1) is 39.4 Å². The Bertz CT molecular complexity index is 155. The van der Waals surface area contributed by atoms with Gasteiger partial charge in [-0.15, -0.1) is 0 Å². The van der Waals surface area contributed by atoms with Crippen molar-refractivity contribution in [3.05, 3.63) is 0 Å². The third kappa shape index (κ3) is 6.39. The standard InChI is InChI=1S/C7H14ClNO3/c1-9(2,3)5-6(12-8)4-7(10)11/h6H,4-5H2,1-3H3/p+1/t6-/m1/s1. The lowest BCUT2D eigenvalue weighted by Crippen LogP contribution is -2.42. The highest BCUT2D eigenvalue weighted by Gasteiger charge is 2.21. The van der Waals surface area contributed by atoms with Gasteiger partial charge in [0.1, 0.15) is 12.6 Å². The number of quaternary nitrogens is 1. The van der Waals surface area contributed by atoms with Crippen LogP contribution in [0.2, 0.25) is 0 Å². The molecule has 72 valence electrons. The molecule has 0 aromatic heterocycles. The first-order valence-electron chi connectivity index (χ1n) is 3.65. The topological polar surface area (TPSA) is 46.5 Å². The van der Waals surface area contributed by atoms with Gasteiger partial charge >= 0.3 is 5.97 Å². The van der Waals surface area contributed by atoms with Crippen molar-refractivity contribution in [2.24, 2.45) is 0 Å². The Kier molecular flexibility index (Phi) is 4.52. The molecule has 4 nitrogen and oxygen atoms in total. The van der Waals surface area contributed by atoms with Crippen LogP contribution >= 0.6 is 11.9 Å². The lowest BCUT2D eigenvalue weighted by molar-refractivity contribution is -0.873. The number of rotatable bonds is 5. The van der Waals surface area contributed by atoms with Crippen molar-refractivity contribution in [1.29, 1.82) is 0 Å². The van der Waals surface area contributed by atoms with Crippen molar-refractivity contribution in [3.63, 3.8) is 0 Å². The lowest BCUT2D eigenvalue weighted by Gasteiger charge is -2.26. The Morgan fingerprint density at radius 3 is 2.33 bits per heavy atom. The molecule has 0 spiro atoms. The van der Waals surface area contributed by atoms with Gasteiger partial charge in [-0.1, -0.05) is 0 Å². The molecular formula is C7H15ClNO3+. The van der Waals surface area contributed by atoms with Crippen LogP contribution in [0.4, 0.5) is 0 Å². The van der Waals surface area contributed by atoms with Crippen LogP contribution in [0.1, 0.15) is 6.42 Å². The fourth-order valence-corrected chi connectivity index (χ4v) is 1.05. The largest absolute Gasteiger partial charge is 0.481 e. The molecule has 0 aliphatic heterocycles. The third-order valence-corrected chi connectivity index (χ3v) is 1.53. The second-order valence-electron chi connectivity index (χ2n) is 3.78. The lowest BCUT2D eigenvalue weighted by atomic mass is 10.2. The number of carbonyl (C=O) groups is 1. The Hall–Kier alpha value is -0.320. The highest BCUT2D eigenvalue weighted by atomic mass is 35.5. The summed E-state index contributed by atoms with van der Waals surface area (Å²) in [5.74, 6) is -0.894. The summed E-state index contributed by atoms with van der Waals surface area (Å²) < 4.78 is 5.14. The molecular weight excluding hydrogens is 182 g/mol. The molecule has 12 heavy (non-hydrogen) atoms. The molecule has 0 bridgehead atoms. The Morgan fingerprint density at radius 2 is 2.08 bits per heavy atom. The molecule has 0 amide bonds. The van der Waals surface area contributed by atoms with E-state index in [9.17, 15) is 4.79 Å². The van der Waals surface area contributed by atoms with E-state index in [0.717, 1.165) is 0 Å². The summed E-state index contributed by atoms with van der Waals surface area (Å²) in [6, 6.07) is 0. The van der Waals surface area contributed by atoms with Gasteiger partial charge in [0.25, 0.3) is 0 Å². The zero-order chi connectivity index (χ0) is 9.78. The predicted octanol–water partition coefficient (Wildman–Crippen LogP) is 0.706. The number of hydrogen-bond acceptors (Lipinski definition) is 2. The number of hydrogen-bond donors (Lipinski definition) is 1. The maximum Gasteiger partial charge on any atom is 0.306 e. The number of nitrogens with zero attached hydrogens (tertiary/aromatic N) is 1. The van der Waals surface area contributed by atoms with E-state index in [2.05, 4.69) is 4.29 Å². The van der Waals surface area contributed by atoms with E-state index in [0.29, 0.717) is 11.0 Å². The first-order chi connectivity index (χ1) is 5.35. The molecule has 0 saturated carbocycles. The van der Waals surface area contributed by atoms with Gasteiger partial charge in [0.15, 0.2) is 0 Å². The second-order valence-corrected chi connectivity index (χ2v) is 3.96. The fraction of sp³-hybridized carbons (Fsp3) is 0.857. The van der Waals surface area contributed by atoms with Gasteiger partial charge in [0, 0.05) is 0 Å². The van der Waals surface area contributed by atoms with E-state index >= 15 is 0 Å². The Labute approximate surface area is 77.4 Å². The third-order valence-electron chi connectivity index (χ3n) is 1.28. The summed E-state index contributed by atoms with van der Waals surface area (Å²) in [4.78, 5) is 10.3. The van der Waals surface area contributed by atoms with Gasteiger partial charge in [-0.3, -0.25) is 9.08 Å². The Morgan fingerprint density at radius 1 is 1.58 bits per heavy atom.